The van der Waals surface area contributed by atoms with Crippen molar-refractivity contribution in [3.05, 3.63) is 28.2 Å². The molecule has 0 aliphatic carbocycles. The molecule has 0 atom stereocenters. The molecule has 0 unspecified atom stereocenters. The molecule has 0 bridgehead atoms. The van der Waals surface area contributed by atoms with E-state index >= 15 is 0 Å². The summed E-state index contributed by atoms with van der Waals surface area (Å²) in [6.07, 6.45) is 0. The minimum absolute atomic E-state index is 0.0468. The van der Waals surface area contributed by atoms with Crippen molar-refractivity contribution in [2.24, 2.45) is 5.73 Å². The van der Waals surface area contributed by atoms with Crippen LogP contribution in [0, 0.1) is 11.6 Å². The lowest BCUT2D eigenvalue weighted by atomic mass is 10.3. The van der Waals surface area contributed by atoms with Gasteiger partial charge in [-0.15, -0.1) is 0 Å². The quantitative estimate of drug-likeness (QED) is 0.715. The summed E-state index contributed by atoms with van der Waals surface area (Å²) in [4.78, 5) is 22.1. The first kappa shape index (κ1) is 14.5. The Bertz CT molecular complexity index is 482. The molecule has 2 amide bonds. The van der Waals surface area contributed by atoms with Crippen LogP contribution in [0.25, 0.3) is 0 Å². The Morgan fingerprint density at radius 2 is 1.89 bits per heavy atom. The van der Waals surface area contributed by atoms with Gasteiger partial charge in [0.1, 0.15) is 11.6 Å². The third kappa shape index (κ3) is 4.04. The van der Waals surface area contributed by atoms with Crippen LogP contribution >= 0.6 is 15.9 Å². The predicted molar refractivity (Wildman–Crippen MR) is 64.8 cm³/mol. The molecule has 0 saturated heterocycles. The number of nitrogens with two attached hydrogens (primary N) is 1. The number of amides is 2. The summed E-state index contributed by atoms with van der Waals surface area (Å²) in [6.45, 7) is -0.623. The molecule has 4 N–H and O–H groups in total. The van der Waals surface area contributed by atoms with Crippen LogP contribution in [0.15, 0.2) is 16.6 Å². The standard InChI is InChI=1S/C10H10BrF2N3O2/c11-5-1-7(13)8(2-6(5)12)16-10(18)4-15-9(17)3-14/h1-2H,3-4,14H2,(H,15,17)(H,16,18). The van der Waals surface area contributed by atoms with Crippen molar-refractivity contribution < 1.29 is 18.4 Å². The molecule has 1 rings (SSSR count). The molecular formula is C10H10BrF2N3O2. The van der Waals surface area contributed by atoms with E-state index in [2.05, 4.69) is 26.6 Å². The van der Waals surface area contributed by atoms with Gasteiger partial charge in [-0.25, -0.2) is 8.78 Å². The van der Waals surface area contributed by atoms with Gasteiger partial charge in [-0.05, 0) is 22.0 Å². The van der Waals surface area contributed by atoms with E-state index in [1.165, 1.54) is 0 Å². The number of anilines is 1. The second-order valence-electron chi connectivity index (χ2n) is 3.28. The maximum Gasteiger partial charge on any atom is 0.243 e. The largest absolute Gasteiger partial charge is 0.346 e. The number of nitrogens with one attached hydrogen (secondary N) is 2. The monoisotopic (exact) mass is 321 g/mol. The number of rotatable bonds is 4. The van der Waals surface area contributed by atoms with Gasteiger partial charge in [0.25, 0.3) is 0 Å². The van der Waals surface area contributed by atoms with E-state index in [0.717, 1.165) is 12.1 Å². The molecule has 0 radical (unpaired) electrons. The smallest absolute Gasteiger partial charge is 0.243 e. The summed E-state index contributed by atoms with van der Waals surface area (Å²) >= 11 is 2.81. The number of carbonyl (C=O) groups excluding carboxylic acids is 2. The Morgan fingerprint density at radius 1 is 1.22 bits per heavy atom. The van der Waals surface area contributed by atoms with Gasteiger partial charge < -0.3 is 16.4 Å². The molecule has 0 spiro atoms. The van der Waals surface area contributed by atoms with Gasteiger partial charge in [-0.1, -0.05) is 0 Å². The minimum atomic E-state index is -0.790. The van der Waals surface area contributed by atoms with Crippen LogP contribution in [0.4, 0.5) is 14.5 Å². The molecule has 98 valence electrons. The fourth-order valence-electron chi connectivity index (χ4n) is 1.06. The average Bonchev–Trinajstić information content (AvgIpc) is 2.33. The van der Waals surface area contributed by atoms with Crippen molar-refractivity contribution in [3.8, 4) is 0 Å². The molecule has 0 aliphatic rings. The van der Waals surface area contributed by atoms with Crippen molar-refractivity contribution in [3.63, 3.8) is 0 Å². The van der Waals surface area contributed by atoms with E-state index in [9.17, 15) is 18.4 Å². The van der Waals surface area contributed by atoms with Gasteiger partial charge in [0, 0.05) is 6.07 Å². The van der Waals surface area contributed by atoms with Gasteiger partial charge in [0.05, 0.1) is 23.2 Å². The van der Waals surface area contributed by atoms with Crippen LogP contribution in [-0.4, -0.2) is 24.9 Å². The second-order valence-corrected chi connectivity index (χ2v) is 4.13. The first-order chi connectivity index (χ1) is 8.43. The Morgan fingerprint density at radius 3 is 2.50 bits per heavy atom. The fourth-order valence-corrected chi connectivity index (χ4v) is 1.38. The fraction of sp³-hybridized carbons (Fsp3) is 0.200. The molecule has 0 aliphatic heterocycles. The zero-order valence-corrected chi connectivity index (χ0v) is 10.7. The Balaban J connectivity index is 2.65. The summed E-state index contributed by atoms with van der Waals surface area (Å²) in [5, 5.41) is 4.32. The van der Waals surface area contributed by atoms with Crippen molar-refractivity contribution >= 4 is 33.4 Å². The SMILES string of the molecule is NCC(=O)NCC(=O)Nc1cc(F)c(Br)cc1F. The number of benzene rings is 1. The highest BCUT2D eigenvalue weighted by Gasteiger charge is 2.11. The zero-order valence-electron chi connectivity index (χ0n) is 9.10. The van der Waals surface area contributed by atoms with E-state index < -0.39 is 23.4 Å². The lowest BCUT2D eigenvalue weighted by Crippen LogP contribution is -2.36. The van der Waals surface area contributed by atoms with Gasteiger partial charge >= 0.3 is 0 Å². The highest BCUT2D eigenvalue weighted by molar-refractivity contribution is 9.10. The van der Waals surface area contributed by atoms with Gasteiger partial charge in [0.2, 0.25) is 11.8 Å². The summed E-state index contributed by atoms with van der Waals surface area (Å²) in [7, 11) is 0. The second kappa shape index (κ2) is 6.41. The molecule has 0 fully saturated rings. The molecule has 1 aromatic rings. The van der Waals surface area contributed by atoms with Crippen molar-refractivity contribution in [1.82, 2.24) is 5.32 Å². The van der Waals surface area contributed by atoms with E-state index in [1.807, 2.05) is 0 Å². The number of hydrogen-bond acceptors (Lipinski definition) is 3. The van der Waals surface area contributed by atoms with Gasteiger partial charge in [-0.2, -0.15) is 0 Å². The lowest BCUT2D eigenvalue weighted by molar-refractivity contribution is -0.123. The Kier molecular flexibility index (Phi) is 5.17. The van der Waals surface area contributed by atoms with Crippen LogP contribution in [0.1, 0.15) is 0 Å². The van der Waals surface area contributed by atoms with Crippen molar-refractivity contribution in [2.75, 3.05) is 18.4 Å². The summed E-state index contributed by atoms with van der Waals surface area (Å²) < 4.78 is 26.4. The van der Waals surface area contributed by atoms with Crippen molar-refractivity contribution in [1.29, 1.82) is 0 Å². The highest BCUT2D eigenvalue weighted by atomic mass is 79.9. The van der Waals surface area contributed by atoms with E-state index in [-0.39, 0.29) is 23.2 Å². The number of hydrogen-bond donors (Lipinski definition) is 3. The third-order valence-electron chi connectivity index (χ3n) is 1.92. The first-order valence-electron chi connectivity index (χ1n) is 4.85. The maximum absolute atomic E-state index is 13.3. The Hall–Kier alpha value is -1.54. The summed E-state index contributed by atoms with van der Waals surface area (Å²) in [5.74, 6) is -2.70. The average molecular weight is 322 g/mol. The van der Waals surface area contributed by atoms with Crippen LogP contribution in [0.2, 0.25) is 0 Å². The van der Waals surface area contributed by atoms with Gasteiger partial charge in [-0.3, -0.25) is 9.59 Å². The highest BCUT2D eigenvalue weighted by Crippen LogP contribution is 2.23. The molecule has 5 nitrogen and oxygen atoms in total. The van der Waals surface area contributed by atoms with Crippen molar-refractivity contribution in [2.45, 2.75) is 0 Å². The molecule has 0 aromatic heterocycles. The number of carbonyl (C=O) groups is 2. The molecular weight excluding hydrogens is 312 g/mol. The van der Waals surface area contributed by atoms with Crippen LogP contribution in [-0.2, 0) is 9.59 Å². The maximum atomic E-state index is 13.3. The first-order valence-corrected chi connectivity index (χ1v) is 5.64. The third-order valence-corrected chi connectivity index (χ3v) is 2.52. The topological polar surface area (TPSA) is 84.2 Å². The molecule has 18 heavy (non-hydrogen) atoms. The van der Waals surface area contributed by atoms with E-state index in [0.29, 0.717) is 0 Å². The van der Waals surface area contributed by atoms with E-state index in [4.69, 9.17) is 5.73 Å². The van der Waals surface area contributed by atoms with Crippen LogP contribution in [0.3, 0.4) is 0 Å². The molecule has 8 heteroatoms. The molecule has 1 aromatic carbocycles. The summed E-state index contributed by atoms with van der Waals surface area (Å²) in [5.41, 5.74) is 4.71. The van der Waals surface area contributed by atoms with Crippen LogP contribution < -0.4 is 16.4 Å². The Labute approximate surface area is 110 Å². The minimum Gasteiger partial charge on any atom is -0.346 e. The molecule has 0 saturated carbocycles. The summed E-state index contributed by atoms with van der Waals surface area (Å²) in [6, 6.07) is 1.73. The van der Waals surface area contributed by atoms with E-state index in [1.54, 1.807) is 0 Å². The lowest BCUT2D eigenvalue weighted by Gasteiger charge is -2.08. The molecule has 0 heterocycles. The van der Waals surface area contributed by atoms with Gasteiger partial charge in [0.15, 0.2) is 0 Å². The predicted octanol–water partition coefficient (Wildman–Crippen LogP) is 0.741. The normalized spacial score (nSPS) is 10.0. The zero-order chi connectivity index (χ0) is 13.7. The number of halogens is 3. The van der Waals surface area contributed by atoms with Crippen LogP contribution in [0.5, 0.6) is 0 Å².